The normalized spacial score (nSPS) is 11.9. The Morgan fingerprint density at radius 1 is 1.14 bits per heavy atom. The van der Waals surface area contributed by atoms with Crippen LogP contribution in [0.2, 0.25) is 0 Å². The summed E-state index contributed by atoms with van der Waals surface area (Å²) in [6, 6.07) is 23.5. The lowest BCUT2D eigenvalue weighted by Gasteiger charge is -2.14. The molecule has 4 aromatic rings. The van der Waals surface area contributed by atoms with Crippen LogP contribution in [0.5, 0.6) is 5.75 Å². The van der Waals surface area contributed by atoms with Crippen molar-refractivity contribution in [1.29, 1.82) is 0 Å². The van der Waals surface area contributed by atoms with Gasteiger partial charge in [-0.25, -0.2) is 5.43 Å². The van der Waals surface area contributed by atoms with Gasteiger partial charge in [-0.1, -0.05) is 64.1 Å². The molecule has 0 bridgehead atoms. The summed E-state index contributed by atoms with van der Waals surface area (Å²) in [6.07, 6.45) is 1.56. The number of ether oxygens (including phenoxy) is 1. The third kappa shape index (κ3) is 6.78. The van der Waals surface area contributed by atoms with Gasteiger partial charge in [-0.15, -0.1) is 10.2 Å². The number of hydrazone groups is 1. The van der Waals surface area contributed by atoms with Crippen LogP contribution in [0.1, 0.15) is 23.9 Å². The van der Waals surface area contributed by atoms with E-state index in [0.717, 1.165) is 32.8 Å². The van der Waals surface area contributed by atoms with Crippen molar-refractivity contribution < 1.29 is 9.53 Å². The molecule has 10 heteroatoms. The first-order valence-electron chi connectivity index (χ1n) is 11.6. The fourth-order valence-electron chi connectivity index (χ4n) is 3.55. The van der Waals surface area contributed by atoms with Crippen molar-refractivity contribution >= 4 is 45.5 Å². The molecule has 0 saturated carbocycles. The Bertz CT molecular complexity index is 1390. The first-order chi connectivity index (χ1) is 18.0. The molecular formula is C27H27BrN6O2S. The standard InChI is InChI=1S/C27H27BrN6O2S/c1-18-9-7-8-12-23(18)29-17-25-31-33-27(34(25)22-10-5-4-6-11-22)37-19(2)26(35)32-30-16-20-15-21(28)13-14-24(20)36-3/h4-16,19,29H,17H2,1-3H3,(H,32,35). The molecule has 0 spiro atoms. The first kappa shape index (κ1) is 26.4. The number of methoxy groups -OCH3 is 1. The molecule has 1 atom stereocenters. The minimum Gasteiger partial charge on any atom is -0.496 e. The van der Waals surface area contributed by atoms with Crippen LogP contribution in [-0.2, 0) is 11.3 Å². The zero-order valence-corrected chi connectivity index (χ0v) is 23.1. The van der Waals surface area contributed by atoms with Gasteiger partial charge in [0.25, 0.3) is 5.91 Å². The maximum atomic E-state index is 12.8. The largest absolute Gasteiger partial charge is 0.496 e. The molecule has 1 heterocycles. The summed E-state index contributed by atoms with van der Waals surface area (Å²) < 4.78 is 8.20. The van der Waals surface area contributed by atoms with Gasteiger partial charge < -0.3 is 10.1 Å². The van der Waals surface area contributed by atoms with Crippen molar-refractivity contribution in [2.24, 2.45) is 5.10 Å². The molecule has 0 aliphatic rings. The Morgan fingerprint density at radius 3 is 2.65 bits per heavy atom. The lowest BCUT2D eigenvalue weighted by molar-refractivity contribution is -0.120. The summed E-state index contributed by atoms with van der Waals surface area (Å²) in [5.74, 6) is 1.15. The number of hydrogen-bond acceptors (Lipinski definition) is 7. The van der Waals surface area contributed by atoms with E-state index < -0.39 is 5.25 Å². The Labute approximate surface area is 228 Å². The first-order valence-corrected chi connectivity index (χ1v) is 13.3. The Kier molecular flexibility index (Phi) is 8.97. The molecule has 3 aromatic carbocycles. The van der Waals surface area contributed by atoms with E-state index in [9.17, 15) is 4.79 Å². The minimum absolute atomic E-state index is 0.252. The quantitative estimate of drug-likeness (QED) is 0.145. The topological polar surface area (TPSA) is 93.4 Å². The van der Waals surface area contributed by atoms with Crippen LogP contribution in [0.4, 0.5) is 5.69 Å². The van der Waals surface area contributed by atoms with Gasteiger partial charge in [-0.05, 0) is 55.8 Å². The van der Waals surface area contributed by atoms with E-state index >= 15 is 0 Å². The van der Waals surface area contributed by atoms with Crippen LogP contribution in [0, 0.1) is 6.92 Å². The van der Waals surface area contributed by atoms with E-state index in [2.05, 4.69) is 55.0 Å². The highest BCUT2D eigenvalue weighted by Gasteiger charge is 2.21. The maximum absolute atomic E-state index is 12.8. The second-order valence-electron chi connectivity index (χ2n) is 8.12. The zero-order chi connectivity index (χ0) is 26.2. The highest BCUT2D eigenvalue weighted by Crippen LogP contribution is 2.27. The monoisotopic (exact) mass is 578 g/mol. The molecule has 37 heavy (non-hydrogen) atoms. The summed E-state index contributed by atoms with van der Waals surface area (Å²) in [4.78, 5) is 12.8. The van der Waals surface area contributed by atoms with Gasteiger partial charge in [0.1, 0.15) is 5.75 Å². The number of benzene rings is 3. The van der Waals surface area contributed by atoms with Gasteiger partial charge in [-0.3, -0.25) is 9.36 Å². The van der Waals surface area contributed by atoms with Gasteiger partial charge in [0.15, 0.2) is 11.0 Å². The molecule has 8 nitrogen and oxygen atoms in total. The van der Waals surface area contributed by atoms with E-state index in [1.165, 1.54) is 11.8 Å². The van der Waals surface area contributed by atoms with E-state index in [1.54, 1.807) is 13.3 Å². The number of nitrogens with zero attached hydrogens (tertiary/aromatic N) is 4. The van der Waals surface area contributed by atoms with Crippen molar-refractivity contribution in [3.05, 3.63) is 94.2 Å². The fourth-order valence-corrected chi connectivity index (χ4v) is 4.81. The highest BCUT2D eigenvalue weighted by atomic mass is 79.9. The average Bonchev–Trinajstić information content (AvgIpc) is 3.31. The van der Waals surface area contributed by atoms with Crippen LogP contribution in [0.3, 0.4) is 0 Å². The van der Waals surface area contributed by atoms with Gasteiger partial charge in [0, 0.05) is 21.4 Å². The lowest BCUT2D eigenvalue weighted by atomic mass is 10.2. The van der Waals surface area contributed by atoms with Gasteiger partial charge in [-0.2, -0.15) is 5.10 Å². The lowest BCUT2D eigenvalue weighted by Crippen LogP contribution is -2.27. The number of thioether (sulfide) groups is 1. The minimum atomic E-state index is -0.467. The van der Waals surface area contributed by atoms with Crippen molar-refractivity contribution in [3.8, 4) is 11.4 Å². The Hall–Kier alpha value is -3.63. The van der Waals surface area contributed by atoms with Crippen LogP contribution in [-0.4, -0.2) is 39.2 Å². The molecule has 190 valence electrons. The number of anilines is 1. The molecule has 0 aliphatic carbocycles. The molecule has 0 aliphatic heterocycles. The number of nitrogens with one attached hydrogen (secondary N) is 2. The SMILES string of the molecule is COc1ccc(Br)cc1C=NNC(=O)C(C)Sc1nnc(CNc2ccccc2C)n1-c1ccccc1. The molecule has 1 amide bonds. The summed E-state index contributed by atoms with van der Waals surface area (Å²) >= 11 is 4.75. The third-order valence-electron chi connectivity index (χ3n) is 5.52. The summed E-state index contributed by atoms with van der Waals surface area (Å²) in [5.41, 5.74) is 6.45. The number of halogens is 1. The van der Waals surface area contributed by atoms with E-state index in [4.69, 9.17) is 4.74 Å². The van der Waals surface area contributed by atoms with Crippen molar-refractivity contribution in [1.82, 2.24) is 20.2 Å². The van der Waals surface area contributed by atoms with Crippen LogP contribution in [0.15, 0.2) is 87.5 Å². The van der Waals surface area contributed by atoms with Crippen LogP contribution < -0.4 is 15.5 Å². The average molecular weight is 580 g/mol. The van der Waals surface area contributed by atoms with Gasteiger partial charge in [0.05, 0.1) is 25.1 Å². The molecular weight excluding hydrogens is 552 g/mol. The summed E-state index contributed by atoms with van der Waals surface area (Å²) in [7, 11) is 1.59. The van der Waals surface area contributed by atoms with Gasteiger partial charge >= 0.3 is 0 Å². The van der Waals surface area contributed by atoms with Crippen molar-refractivity contribution in [2.45, 2.75) is 30.8 Å². The zero-order valence-electron chi connectivity index (χ0n) is 20.7. The predicted octanol–water partition coefficient (Wildman–Crippen LogP) is 5.59. The number of aromatic nitrogens is 3. The molecule has 2 N–H and O–H groups in total. The molecule has 4 rings (SSSR count). The van der Waals surface area contributed by atoms with E-state index in [-0.39, 0.29) is 5.91 Å². The van der Waals surface area contributed by atoms with E-state index in [1.807, 2.05) is 78.2 Å². The highest BCUT2D eigenvalue weighted by molar-refractivity contribution is 9.10. The summed E-state index contributed by atoms with van der Waals surface area (Å²) in [6.45, 7) is 4.35. The number of hydrogen-bond donors (Lipinski definition) is 2. The van der Waals surface area contributed by atoms with Gasteiger partial charge in [0.2, 0.25) is 0 Å². The number of para-hydroxylation sites is 2. The summed E-state index contributed by atoms with van der Waals surface area (Å²) in [5, 5.41) is 16.5. The number of carbonyl (C=O) groups is 1. The second-order valence-corrected chi connectivity index (χ2v) is 10.3. The Morgan fingerprint density at radius 2 is 1.89 bits per heavy atom. The molecule has 0 saturated heterocycles. The number of amides is 1. The van der Waals surface area contributed by atoms with Crippen molar-refractivity contribution in [2.75, 3.05) is 12.4 Å². The maximum Gasteiger partial charge on any atom is 0.253 e. The fraction of sp³-hybridized carbons (Fsp3) is 0.185. The predicted molar refractivity (Wildman–Crippen MR) is 152 cm³/mol. The molecule has 1 aromatic heterocycles. The number of carbonyl (C=O) groups excluding carboxylic acids is 1. The molecule has 0 radical (unpaired) electrons. The smallest absolute Gasteiger partial charge is 0.253 e. The second kappa shape index (κ2) is 12.6. The van der Waals surface area contributed by atoms with Crippen LogP contribution in [0.25, 0.3) is 5.69 Å². The Balaban J connectivity index is 1.48. The molecule has 0 fully saturated rings. The van der Waals surface area contributed by atoms with Crippen LogP contribution >= 0.6 is 27.7 Å². The molecule has 1 unspecified atom stereocenters. The number of aryl methyl sites for hydroxylation is 1. The number of rotatable bonds is 10. The third-order valence-corrected chi connectivity index (χ3v) is 7.05. The van der Waals surface area contributed by atoms with E-state index in [0.29, 0.717) is 17.5 Å². The van der Waals surface area contributed by atoms with Crippen molar-refractivity contribution in [3.63, 3.8) is 0 Å².